The highest BCUT2D eigenvalue weighted by atomic mass is 15.1. The Morgan fingerprint density at radius 2 is 2.08 bits per heavy atom. The highest BCUT2D eigenvalue weighted by molar-refractivity contribution is 5.81. The van der Waals surface area contributed by atoms with Crippen LogP contribution in [0.4, 0.5) is 0 Å². The Balaban J connectivity index is 2.30. The van der Waals surface area contributed by atoms with E-state index in [1.54, 1.807) is 0 Å². The van der Waals surface area contributed by atoms with E-state index in [-0.39, 0.29) is 0 Å². The van der Waals surface area contributed by atoms with Crippen LogP contribution < -0.4 is 0 Å². The molecule has 60 valence electrons. The van der Waals surface area contributed by atoms with Crippen molar-refractivity contribution in [3.8, 4) is 0 Å². The molecule has 0 aliphatic heterocycles. The molecule has 1 aromatic heterocycles. The van der Waals surface area contributed by atoms with Gasteiger partial charge in [-0.25, -0.2) is 0 Å². The molecule has 2 aromatic rings. The smallest absolute Gasteiger partial charge is 0.0923 e. The molecular weight excluding hydrogens is 148 g/mol. The number of para-hydroxylation sites is 1. The number of hydrogen-bond acceptors (Lipinski definition) is 1. The van der Waals surface area contributed by atoms with Crippen LogP contribution in [0.5, 0.6) is 0 Å². The maximum Gasteiger partial charge on any atom is 0.0923 e. The van der Waals surface area contributed by atoms with Gasteiger partial charge >= 0.3 is 0 Å². The van der Waals surface area contributed by atoms with Gasteiger partial charge in [-0.15, -0.1) is 0 Å². The van der Waals surface area contributed by atoms with Crippen LogP contribution in [0.2, 0.25) is 0 Å². The molecule has 1 heterocycles. The molecule has 1 fully saturated rings. The Kier molecular flexibility index (Phi) is 1.09. The molecule has 1 N–H and O–H groups in total. The number of H-pyrrole nitrogens is 1. The van der Waals surface area contributed by atoms with Crippen LogP contribution >= 0.6 is 0 Å². The maximum absolute atomic E-state index is 4.25. The fourth-order valence-electron chi connectivity index (χ4n) is 1.66. The standard InChI is InChI=1S/C10H10N2/c1-2-4-9-8(3-1)10(12-11-9)7-5-6-7/h1-4,7H,5-6H2,(H,11,12). The number of fused-ring (bicyclic) bond motifs is 1. The number of nitrogens with zero attached hydrogens (tertiary/aromatic N) is 1. The van der Waals surface area contributed by atoms with E-state index in [0.29, 0.717) is 0 Å². The van der Waals surface area contributed by atoms with E-state index in [2.05, 4.69) is 28.4 Å². The highest BCUT2D eigenvalue weighted by Crippen LogP contribution is 2.41. The lowest BCUT2D eigenvalue weighted by atomic mass is 10.1. The molecule has 1 aromatic carbocycles. The van der Waals surface area contributed by atoms with Crippen LogP contribution in [0.3, 0.4) is 0 Å². The van der Waals surface area contributed by atoms with Gasteiger partial charge in [0.2, 0.25) is 0 Å². The SMILES string of the molecule is c1ccc2c(C3CC3)[nH]nc2c1. The van der Waals surface area contributed by atoms with E-state index in [0.717, 1.165) is 11.4 Å². The predicted molar refractivity (Wildman–Crippen MR) is 48.1 cm³/mol. The van der Waals surface area contributed by atoms with E-state index >= 15 is 0 Å². The molecule has 2 heteroatoms. The summed E-state index contributed by atoms with van der Waals surface area (Å²) in [6, 6.07) is 8.30. The second-order valence-corrected chi connectivity index (χ2v) is 3.43. The second-order valence-electron chi connectivity index (χ2n) is 3.43. The van der Waals surface area contributed by atoms with Crippen molar-refractivity contribution in [3.63, 3.8) is 0 Å². The number of benzene rings is 1. The molecule has 0 unspecified atom stereocenters. The van der Waals surface area contributed by atoms with Gasteiger partial charge in [0.25, 0.3) is 0 Å². The molecule has 0 radical (unpaired) electrons. The fraction of sp³-hybridized carbons (Fsp3) is 0.300. The normalized spacial score (nSPS) is 17.0. The summed E-state index contributed by atoms with van der Waals surface area (Å²) in [7, 11) is 0. The van der Waals surface area contributed by atoms with Gasteiger partial charge in [-0.05, 0) is 18.9 Å². The second kappa shape index (κ2) is 2.09. The molecule has 0 spiro atoms. The van der Waals surface area contributed by atoms with Crippen molar-refractivity contribution in [3.05, 3.63) is 30.0 Å². The summed E-state index contributed by atoms with van der Waals surface area (Å²) in [6.45, 7) is 0. The number of aromatic nitrogens is 2. The first-order chi connectivity index (χ1) is 5.95. The molecule has 1 saturated carbocycles. The molecule has 0 bridgehead atoms. The average Bonchev–Trinajstić information content (AvgIpc) is 2.86. The van der Waals surface area contributed by atoms with E-state index in [4.69, 9.17) is 0 Å². The van der Waals surface area contributed by atoms with Crippen molar-refractivity contribution in [2.24, 2.45) is 0 Å². The number of hydrogen-bond donors (Lipinski definition) is 1. The lowest BCUT2D eigenvalue weighted by Gasteiger charge is -1.91. The van der Waals surface area contributed by atoms with Crippen molar-refractivity contribution in [1.29, 1.82) is 0 Å². The minimum atomic E-state index is 0.761. The van der Waals surface area contributed by atoms with Crippen molar-refractivity contribution in [1.82, 2.24) is 10.2 Å². The third-order valence-electron chi connectivity index (χ3n) is 2.48. The quantitative estimate of drug-likeness (QED) is 0.678. The molecule has 1 aliphatic carbocycles. The summed E-state index contributed by atoms with van der Waals surface area (Å²) in [6.07, 6.45) is 2.65. The van der Waals surface area contributed by atoms with Gasteiger partial charge in [0.1, 0.15) is 0 Å². The maximum atomic E-state index is 4.25. The molecule has 1 aliphatic rings. The first-order valence-corrected chi connectivity index (χ1v) is 4.38. The fourth-order valence-corrected chi connectivity index (χ4v) is 1.66. The van der Waals surface area contributed by atoms with Gasteiger partial charge in [0, 0.05) is 17.0 Å². The largest absolute Gasteiger partial charge is 0.281 e. The topological polar surface area (TPSA) is 28.7 Å². The Morgan fingerprint density at radius 3 is 2.92 bits per heavy atom. The van der Waals surface area contributed by atoms with Crippen molar-refractivity contribution < 1.29 is 0 Å². The van der Waals surface area contributed by atoms with Crippen LogP contribution in [-0.4, -0.2) is 10.2 Å². The van der Waals surface area contributed by atoms with E-state index in [1.165, 1.54) is 23.9 Å². The zero-order valence-electron chi connectivity index (χ0n) is 6.75. The Labute approximate surface area is 70.6 Å². The van der Waals surface area contributed by atoms with Gasteiger partial charge in [-0.3, -0.25) is 5.10 Å². The van der Waals surface area contributed by atoms with E-state index in [9.17, 15) is 0 Å². The third-order valence-corrected chi connectivity index (χ3v) is 2.48. The summed E-state index contributed by atoms with van der Waals surface area (Å²) in [4.78, 5) is 0. The number of rotatable bonds is 1. The first-order valence-electron chi connectivity index (χ1n) is 4.38. The monoisotopic (exact) mass is 158 g/mol. The summed E-state index contributed by atoms with van der Waals surface area (Å²) >= 11 is 0. The van der Waals surface area contributed by atoms with Gasteiger partial charge < -0.3 is 0 Å². The van der Waals surface area contributed by atoms with Crippen molar-refractivity contribution in [2.75, 3.05) is 0 Å². The average molecular weight is 158 g/mol. The molecular formula is C10H10N2. The highest BCUT2D eigenvalue weighted by Gasteiger charge is 2.26. The third kappa shape index (κ3) is 0.779. The van der Waals surface area contributed by atoms with Crippen LogP contribution in [0, 0.1) is 0 Å². The van der Waals surface area contributed by atoms with Gasteiger partial charge in [-0.1, -0.05) is 18.2 Å². The summed E-state index contributed by atoms with van der Waals surface area (Å²) in [5, 5.41) is 8.69. The summed E-state index contributed by atoms with van der Waals surface area (Å²) < 4.78 is 0. The molecule has 12 heavy (non-hydrogen) atoms. The van der Waals surface area contributed by atoms with Crippen LogP contribution in [0.15, 0.2) is 24.3 Å². The van der Waals surface area contributed by atoms with Gasteiger partial charge in [0.15, 0.2) is 0 Å². The molecule has 0 saturated heterocycles. The summed E-state index contributed by atoms with van der Waals surface area (Å²) in [5.41, 5.74) is 2.44. The lowest BCUT2D eigenvalue weighted by Crippen LogP contribution is -1.78. The van der Waals surface area contributed by atoms with Crippen LogP contribution in [0.25, 0.3) is 10.9 Å². The first kappa shape index (κ1) is 6.23. The number of nitrogens with one attached hydrogen (secondary N) is 1. The van der Waals surface area contributed by atoms with Gasteiger partial charge in [0.05, 0.1) is 5.52 Å². The predicted octanol–water partition coefficient (Wildman–Crippen LogP) is 2.44. The minimum absolute atomic E-state index is 0.761. The molecule has 0 amide bonds. The Bertz CT molecular complexity index is 412. The van der Waals surface area contributed by atoms with Crippen molar-refractivity contribution in [2.45, 2.75) is 18.8 Å². The lowest BCUT2D eigenvalue weighted by molar-refractivity contribution is 0.978. The van der Waals surface area contributed by atoms with E-state index < -0.39 is 0 Å². The van der Waals surface area contributed by atoms with Gasteiger partial charge in [-0.2, -0.15) is 5.10 Å². The zero-order valence-corrected chi connectivity index (χ0v) is 6.75. The molecule has 2 nitrogen and oxygen atoms in total. The minimum Gasteiger partial charge on any atom is -0.281 e. The Hall–Kier alpha value is -1.31. The number of aromatic amines is 1. The summed E-state index contributed by atoms with van der Waals surface area (Å²) in [5.74, 6) is 0.761. The zero-order chi connectivity index (χ0) is 7.97. The van der Waals surface area contributed by atoms with E-state index in [1.807, 2.05) is 6.07 Å². The molecule has 0 atom stereocenters. The van der Waals surface area contributed by atoms with Crippen LogP contribution in [0.1, 0.15) is 24.5 Å². The van der Waals surface area contributed by atoms with Crippen molar-refractivity contribution >= 4 is 10.9 Å². The molecule has 3 rings (SSSR count). The van der Waals surface area contributed by atoms with Crippen LogP contribution in [-0.2, 0) is 0 Å². The Morgan fingerprint density at radius 1 is 1.25 bits per heavy atom.